The Morgan fingerprint density at radius 3 is 2.38 bits per heavy atom. The molecule has 1 fully saturated rings. The third-order valence-corrected chi connectivity index (χ3v) is 5.86. The van der Waals surface area contributed by atoms with Gasteiger partial charge in [-0.2, -0.15) is 10.2 Å². The standard InChI is InChI=1S/C24H27N7O/c1-30-15-20(12-27-30)18-4-3-5-19(10-18)23-26-14-22(21-13-28-31(2)16-21)24(29-23)25-11-17-6-8-32-9-7-17/h3-5,10,12-17H,6-9,11H2,1-2H3,(H,25,26,29). The second-order valence-corrected chi connectivity index (χ2v) is 8.28. The lowest BCUT2D eigenvalue weighted by molar-refractivity contribution is 0.0699. The van der Waals surface area contributed by atoms with Gasteiger partial charge in [0.25, 0.3) is 0 Å². The van der Waals surface area contributed by atoms with Crippen LogP contribution in [0.2, 0.25) is 0 Å². The number of rotatable bonds is 6. The molecule has 0 aliphatic carbocycles. The highest BCUT2D eigenvalue weighted by Crippen LogP contribution is 2.30. The van der Waals surface area contributed by atoms with Gasteiger partial charge in [-0.05, 0) is 30.4 Å². The lowest BCUT2D eigenvalue weighted by Crippen LogP contribution is -2.23. The minimum atomic E-state index is 0.581. The van der Waals surface area contributed by atoms with E-state index in [2.05, 4.69) is 27.6 Å². The van der Waals surface area contributed by atoms with Gasteiger partial charge in [-0.15, -0.1) is 0 Å². The second-order valence-electron chi connectivity index (χ2n) is 8.28. The van der Waals surface area contributed by atoms with Crippen molar-refractivity contribution in [2.75, 3.05) is 25.1 Å². The fourth-order valence-corrected chi connectivity index (χ4v) is 4.03. The predicted molar refractivity (Wildman–Crippen MR) is 124 cm³/mol. The number of aryl methyl sites for hydroxylation is 2. The highest BCUT2D eigenvalue weighted by Gasteiger charge is 2.17. The van der Waals surface area contributed by atoms with Crippen molar-refractivity contribution in [1.29, 1.82) is 0 Å². The lowest BCUT2D eigenvalue weighted by Gasteiger charge is -2.23. The first-order chi connectivity index (χ1) is 15.7. The number of aromatic nitrogens is 6. The van der Waals surface area contributed by atoms with Gasteiger partial charge < -0.3 is 10.1 Å². The molecule has 8 nitrogen and oxygen atoms in total. The van der Waals surface area contributed by atoms with Crippen molar-refractivity contribution in [1.82, 2.24) is 29.5 Å². The molecule has 4 heterocycles. The number of hydrogen-bond donors (Lipinski definition) is 1. The Hall–Kier alpha value is -3.52. The van der Waals surface area contributed by atoms with Crippen molar-refractivity contribution in [3.8, 4) is 33.6 Å². The van der Waals surface area contributed by atoms with Crippen LogP contribution in [0.25, 0.3) is 33.6 Å². The summed E-state index contributed by atoms with van der Waals surface area (Å²) in [5, 5.41) is 12.2. The van der Waals surface area contributed by atoms with E-state index in [4.69, 9.17) is 14.7 Å². The van der Waals surface area contributed by atoms with Gasteiger partial charge in [-0.25, -0.2) is 9.97 Å². The average molecular weight is 430 g/mol. The maximum absolute atomic E-state index is 5.50. The molecule has 0 spiro atoms. The van der Waals surface area contributed by atoms with Crippen LogP contribution in [0.15, 0.2) is 55.2 Å². The zero-order valence-corrected chi connectivity index (χ0v) is 18.4. The summed E-state index contributed by atoms with van der Waals surface area (Å²) < 4.78 is 9.10. The molecule has 1 aliphatic heterocycles. The molecule has 0 atom stereocenters. The van der Waals surface area contributed by atoms with Crippen LogP contribution >= 0.6 is 0 Å². The number of benzene rings is 1. The predicted octanol–water partition coefficient (Wildman–Crippen LogP) is 3.78. The lowest BCUT2D eigenvalue weighted by atomic mass is 10.0. The molecule has 164 valence electrons. The Morgan fingerprint density at radius 1 is 0.938 bits per heavy atom. The minimum absolute atomic E-state index is 0.581. The van der Waals surface area contributed by atoms with Gasteiger partial charge in [0.05, 0.1) is 12.4 Å². The van der Waals surface area contributed by atoms with Crippen molar-refractivity contribution in [2.45, 2.75) is 12.8 Å². The smallest absolute Gasteiger partial charge is 0.161 e. The third kappa shape index (κ3) is 4.40. The van der Waals surface area contributed by atoms with Crippen molar-refractivity contribution in [3.63, 3.8) is 0 Å². The molecular weight excluding hydrogens is 402 g/mol. The fourth-order valence-electron chi connectivity index (χ4n) is 4.03. The molecule has 1 aliphatic rings. The summed E-state index contributed by atoms with van der Waals surface area (Å²) in [6.45, 7) is 2.53. The first kappa shape index (κ1) is 20.4. The number of nitrogens with one attached hydrogen (secondary N) is 1. The molecule has 1 N–H and O–H groups in total. The SMILES string of the molecule is Cn1cc(-c2cccc(-c3ncc(-c4cnn(C)c4)c(NCC4CCOCC4)n3)c2)cn1. The number of ether oxygens (including phenoxy) is 1. The van der Waals surface area contributed by atoms with E-state index in [0.717, 1.165) is 66.2 Å². The Balaban J connectivity index is 1.48. The molecule has 0 bridgehead atoms. The third-order valence-electron chi connectivity index (χ3n) is 5.86. The van der Waals surface area contributed by atoms with Gasteiger partial charge in [0.1, 0.15) is 5.82 Å². The molecule has 1 aromatic carbocycles. The highest BCUT2D eigenvalue weighted by molar-refractivity contribution is 5.76. The van der Waals surface area contributed by atoms with Crippen LogP contribution in [0.5, 0.6) is 0 Å². The topological polar surface area (TPSA) is 82.7 Å². The van der Waals surface area contributed by atoms with Crippen LogP contribution in [0.1, 0.15) is 12.8 Å². The van der Waals surface area contributed by atoms with Crippen LogP contribution in [-0.4, -0.2) is 49.3 Å². The van der Waals surface area contributed by atoms with Gasteiger partial charge in [0, 0.05) is 74.7 Å². The summed E-state index contributed by atoms with van der Waals surface area (Å²) in [5.41, 5.74) is 5.08. The molecule has 8 heteroatoms. The van der Waals surface area contributed by atoms with Crippen LogP contribution in [0, 0.1) is 5.92 Å². The van der Waals surface area contributed by atoms with E-state index in [1.54, 1.807) is 9.36 Å². The molecule has 0 unspecified atom stereocenters. The van der Waals surface area contributed by atoms with Gasteiger partial charge in [-0.1, -0.05) is 18.2 Å². The summed E-state index contributed by atoms with van der Waals surface area (Å²) in [5.74, 6) is 2.11. The molecule has 4 aromatic rings. The molecule has 0 radical (unpaired) electrons. The van der Waals surface area contributed by atoms with E-state index in [-0.39, 0.29) is 0 Å². The summed E-state index contributed by atoms with van der Waals surface area (Å²) in [4.78, 5) is 9.64. The summed E-state index contributed by atoms with van der Waals surface area (Å²) in [7, 11) is 3.84. The van der Waals surface area contributed by atoms with Crippen molar-refractivity contribution in [3.05, 3.63) is 55.2 Å². The van der Waals surface area contributed by atoms with Gasteiger partial charge in [0.15, 0.2) is 5.82 Å². The van der Waals surface area contributed by atoms with E-state index < -0.39 is 0 Å². The fraction of sp³-hybridized carbons (Fsp3) is 0.333. The van der Waals surface area contributed by atoms with E-state index in [9.17, 15) is 0 Å². The van der Waals surface area contributed by atoms with Crippen LogP contribution in [-0.2, 0) is 18.8 Å². The zero-order chi connectivity index (χ0) is 21.9. The maximum Gasteiger partial charge on any atom is 0.161 e. The largest absolute Gasteiger partial charge is 0.381 e. The summed E-state index contributed by atoms with van der Waals surface area (Å²) in [6, 6.07) is 8.26. The Morgan fingerprint density at radius 2 is 1.66 bits per heavy atom. The summed E-state index contributed by atoms with van der Waals surface area (Å²) >= 11 is 0. The number of hydrogen-bond acceptors (Lipinski definition) is 6. The molecule has 32 heavy (non-hydrogen) atoms. The van der Waals surface area contributed by atoms with Crippen molar-refractivity contribution >= 4 is 5.82 Å². The van der Waals surface area contributed by atoms with E-state index in [0.29, 0.717) is 11.7 Å². The highest BCUT2D eigenvalue weighted by atomic mass is 16.5. The zero-order valence-electron chi connectivity index (χ0n) is 18.4. The van der Waals surface area contributed by atoms with E-state index in [1.807, 2.05) is 57.2 Å². The second kappa shape index (κ2) is 8.92. The molecule has 0 amide bonds. The Bertz CT molecular complexity index is 1210. The van der Waals surface area contributed by atoms with Crippen molar-refractivity contribution in [2.24, 2.45) is 20.0 Å². The Kier molecular flexibility index (Phi) is 5.68. The van der Waals surface area contributed by atoms with E-state index in [1.165, 1.54) is 0 Å². The van der Waals surface area contributed by atoms with Gasteiger partial charge in [0.2, 0.25) is 0 Å². The number of nitrogens with zero attached hydrogens (tertiary/aromatic N) is 6. The normalized spacial score (nSPS) is 14.6. The first-order valence-corrected chi connectivity index (χ1v) is 10.9. The van der Waals surface area contributed by atoms with Crippen LogP contribution < -0.4 is 5.32 Å². The molecule has 5 rings (SSSR count). The van der Waals surface area contributed by atoms with E-state index >= 15 is 0 Å². The van der Waals surface area contributed by atoms with Gasteiger partial charge in [-0.3, -0.25) is 9.36 Å². The summed E-state index contributed by atoms with van der Waals surface area (Å²) in [6.07, 6.45) is 11.7. The average Bonchev–Trinajstić information content (AvgIpc) is 3.46. The monoisotopic (exact) mass is 429 g/mol. The minimum Gasteiger partial charge on any atom is -0.381 e. The first-order valence-electron chi connectivity index (χ1n) is 10.9. The molecule has 3 aromatic heterocycles. The molecule has 0 saturated carbocycles. The molecular formula is C24H27N7O. The van der Waals surface area contributed by atoms with Crippen LogP contribution in [0.4, 0.5) is 5.82 Å². The van der Waals surface area contributed by atoms with Crippen LogP contribution in [0.3, 0.4) is 0 Å². The quantitative estimate of drug-likeness (QED) is 0.502. The molecule has 1 saturated heterocycles. The van der Waals surface area contributed by atoms with Crippen molar-refractivity contribution < 1.29 is 4.74 Å². The Labute approximate surface area is 187 Å². The number of anilines is 1. The van der Waals surface area contributed by atoms with Gasteiger partial charge >= 0.3 is 0 Å². The maximum atomic E-state index is 5.50.